The molecule has 0 saturated carbocycles. The maximum atomic E-state index is 4.06. The Labute approximate surface area is 82.1 Å². The van der Waals surface area contributed by atoms with Gasteiger partial charge in [0, 0.05) is 6.20 Å². The van der Waals surface area contributed by atoms with Crippen LogP contribution in [0.4, 0.5) is 0 Å². The van der Waals surface area contributed by atoms with E-state index in [1.807, 2.05) is 11.7 Å². The fourth-order valence-corrected chi connectivity index (χ4v) is 1.89. The Morgan fingerprint density at radius 1 is 1.23 bits per heavy atom. The van der Waals surface area contributed by atoms with Gasteiger partial charge in [-0.3, -0.25) is 4.98 Å². The van der Waals surface area contributed by atoms with E-state index >= 15 is 0 Å². The minimum Gasteiger partial charge on any atom is -0.252 e. The van der Waals surface area contributed by atoms with E-state index in [4.69, 9.17) is 0 Å². The molecule has 0 saturated heterocycles. The largest absolute Gasteiger partial charge is 0.252 e. The van der Waals surface area contributed by atoms with Gasteiger partial charge in [-0.05, 0) is 17.5 Å². The molecule has 2 heteroatoms. The molecule has 0 bridgehead atoms. The zero-order chi connectivity index (χ0) is 9.10. The lowest BCUT2D eigenvalue weighted by Gasteiger charge is -1.98. The van der Waals surface area contributed by atoms with Gasteiger partial charge in [0.2, 0.25) is 0 Å². The van der Waals surface area contributed by atoms with Crippen molar-refractivity contribution >= 4 is 11.3 Å². The molecule has 2 aromatic rings. The minimum atomic E-state index is 1.10. The van der Waals surface area contributed by atoms with Crippen LogP contribution >= 0.6 is 11.3 Å². The van der Waals surface area contributed by atoms with Gasteiger partial charge in [-0.25, -0.2) is 0 Å². The van der Waals surface area contributed by atoms with Crippen molar-refractivity contribution in [3.05, 3.63) is 41.5 Å². The van der Waals surface area contributed by atoms with Crippen molar-refractivity contribution in [3.8, 4) is 10.4 Å². The summed E-state index contributed by atoms with van der Waals surface area (Å²) in [6, 6.07) is 8.67. The molecule has 13 heavy (non-hydrogen) atoms. The number of benzene rings is 1. The summed E-state index contributed by atoms with van der Waals surface area (Å²) in [7, 11) is 0. The predicted molar refractivity (Wildman–Crippen MR) is 56.9 cm³/mol. The van der Waals surface area contributed by atoms with Crippen LogP contribution in [0.3, 0.4) is 0 Å². The minimum absolute atomic E-state index is 1.10. The van der Waals surface area contributed by atoms with Crippen molar-refractivity contribution in [2.75, 3.05) is 0 Å². The van der Waals surface area contributed by atoms with Gasteiger partial charge in [-0.15, -0.1) is 11.3 Å². The summed E-state index contributed by atoms with van der Waals surface area (Å²) in [4.78, 5) is 5.30. The number of nitrogens with zero attached hydrogens (tertiary/aromatic N) is 1. The Bertz CT molecular complexity index is 361. The van der Waals surface area contributed by atoms with E-state index in [0.29, 0.717) is 0 Å². The highest BCUT2D eigenvalue weighted by atomic mass is 32.1. The Morgan fingerprint density at radius 3 is 2.54 bits per heavy atom. The Balaban J connectivity index is 2.33. The Kier molecular flexibility index (Phi) is 2.41. The van der Waals surface area contributed by atoms with E-state index in [1.165, 1.54) is 16.0 Å². The molecule has 0 unspecified atom stereocenters. The Hall–Kier alpha value is -1.15. The number of thiazole rings is 1. The van der Waals surface area contributed by atoms with Gasteiger partial charge in [0.05, 0.1) is 10.4 Å². The predicted octanol–water partition coefficient (Wildman–Crippen LogP) is 3.37. The van der Waals surface area contributed by atoms with E-state index in [2.05, 4.69) is 36.2 Å². The molecule has 1 heterocycles. The average molecular weight is 189 g/mol. The van der Waals surface area contributed by atoms with E-state index in [1.54, 1.807) is 11.3 Å². The molecule has 0 atom stereocenters. The highest BCUT2D eigenvalue weighted by Crippen LogP contribution is 2.23. The highest BCUT2D eigenvalue weighted by molar-refractivity contribution is 7.13. The zero-order valence-electron chi connectivity index (χ0n) is 7.53. The lowest BCUT2D eigenvalue weighted by Crippen LogP contribution is -1.78. The highest BCUT2D eigenvalue weighted by Gasteiger charge is 1.97. The van der Waals surface area contributed by atoms with Crippen molar-refractivity contribution in [3.63, 3.8) is 0 Å². The molecule has 0 aliphatic carbocycles. The third-order valence-corrected chi connectivity index (χ3v) is 2.90. The van der Waals surface area contributed by atoms with Gasteiger partial charge in [-0.1, -0.05) is 31.2 Å². The summed E-state index contributed by atoms with van der Waals surface area (Å²) in [6.07, 6.45) is 3.01. The van der Waals surface area contributed by atoms with Crippen LogP contribution in [0.25, 0.3) is 10.4 Å². The molecule has 0 spiro atoms. The maximum absolute atomic E-state index is 4.06. The van der Waals surface area contributed by atoms with E-state index in [0.717, 1.165) is 6.42 Å². The van der Waals surface area contributed by atoms with Crippen LogP contribution < -0.4 is 0 Å². The Morgan fingerprint density at radius 2 is 2.00 bits per heavy atom. The normalized spacial score (nSPS) is 10.2. The van der Waals surface area contributed by atoms with Crippen molar-refractivity contribution in [2.24, 2.45) is 0 Å². The standard InChI is InChI=1S/C11H11NS/c1-2-9-3-5-10(6-4-9)11-7-12-8-13-11/h3-8H,2H2,1H3. The third kappa shape index (κ3) is 1.78. The monoisotopic (exact) mass is 189 g/mol. The molecule has 0 radical (unpaired) electrons. The average Bonchev–Trinajstić information content (AvgIpc) is 2.71. The fourth-order valence-electron chi connectivity index (χ4n) is 1.26. The summed E-state index contributed by atoms with van der Waals surface area (Å²) in [5.74, 6) is 0. The number of hydrogen-bond donors (Lipinski definition) is 0. The SMILES string of the molecule is CCc1ccc(-c2cncs2)cc1. The molecular formula is C11H11NS. The molecule has 0 N–H and O–H groups in total. The second kappa shape index (κ2) is 3.71. The van der Waals surface area contributed by atoms with Crippen molar-refractivity contribution in [1.82, 2.24) is 4.98 Å². The topological polar surface area (TPSA) is 12.9 Å². The van der Waals surface area contributed by atoms with E-state index in [-0.39, 0.29) is 0 Å². The van der Waals surface area contributed by atoms with Crippen LogP contribution in [0.2, 0.25) is 0 Å². The fraction of sp³-hybridized carbons (Fsp3) is 0.182. The molecule has 66 valence electrons. The number of aryl methyl sites for hydroxylation is 1. The second-order valence-corrected chi connectivity index (χ2v) is 3.80. The first-order chi connectivity index (χ1) is 6.40. The smallest absolute Gasteiger partial charge is 0.0797 e. The molecular weight excluding hydrogens is 178 g/mol. The van der Waals surface area contributed by atoms with Gasteiger partial charge < -0.3 is 0 Å². The van der Waals surface area contributed by atoms with Crippen molar-refractivity contribution in [1.29, 1.82) is 0 Å². The summed E-state index contributed by atoms with van der Waals surface area (Å²) in [6.45, 7) is 2.17. The number of rotatable bonds is 2. The van der Waals surface area contributed by atoms with Gasteiger partial charge in [0.15, 0.2) is 0 Å². The van der Waals surface area contributed by atoms with Crippen molar-refractivity contribution < 1.29 is 0 Å². The second-order valence-electron chi connectivity index (χ2n) is 2.92. The first-order valence-corrected chi connectivity index (χ1v) is 5.26. The van der Waals surface area contributed by atoms with Gasteiger partial charge >= 0.3 is 0 Å². The van der Waals surface area contributed by atoms with Crippen LogP contribution in [-0.4, -0.2) is 4.98 Å². The first-order valence-electron chi connectivity index (χ1n) is 4.38. The lowest BCUT2D eigenvalue weighted by molar-refractivity contribution is 1.14. The summed E-state index contributed by atoms with van der Waals surface area (Å²) in [5.41, 5.74) is 4.51. The summed E-state index contributed by atoms with van der Waals surface area (Å²) < 4.78 is 0. The van der Waals surface area contributed by atoms with Crippen LogP contribution in [-0.2, 0) is 6.42 Å². The lowest BCUT2D eigenvalue weighted by atomic mass is 10.1. The van der Waals surface area contributed by atoms with Gasteiger partial charge in [-0.2, -0.15) is 0 Å². The maximum Gasteiger partial charge on any atom is 0.0797 e. The molecule has 0 aliphatic heterocycles. The number of aromatic nitrogens is 1. The summed E-state index contributed by atoms with van der Waals surface area (Å²) in [5, 5.41) is 0. The van der Waals surface area contributed by atoms with Crippen molar-refractivity contribution in [2.45, 2.75) is 13.3 Å². The molecule has 0 amide bonds. The number of hydrogen-bond acceptors (Lipinski definition) is 2. The molecule has 0 fully saturated rings. The van der Waals surface area contributed by atoms with E-state index in [9.17, 15) is 0 Å². The van der Waals surface area contributed by atoms with Crippen LogP contribution in [0.5, 0.6) is 0 Å². The van der Waals surface area contributed by atoms with Crippen LogP contribution in [0.1, 0.15) is 12.5 Å². The summed E-state index contributed by atoms with van der Waals surface area (Å²) >= 11 is 1.68. The molecule has 1 aromatic carbocycles. The van der Waals surface area contributed by atoms with Gasteiger partial charge in [0.25, 0.3) is 0 Å². The van der Waals surface area contributed by atoms with Gasteiger partial charge in [0.1, 0.15) is 0 Å². The molecule has 1 aromatic heterocycles. The third-order valence-electron chi connectivity index (χ3n) is 2.08. The van der Waals surface area contributed by atoms with Crippen LogP contribution in [0, 0.1) is 0 Å². The molecule has 0 aliphatic rings. The quantitative estimate of drug-likeness (QED) is 0.705. The van der Waals surface area contributed by atoms with Crippen LogP contribution in [0.15, 0.2) is 36.0 Å². The molecule has 2 rings (SSSR count). The first kappa shape index (κ1) is 8.45. The molecule has 1 nitrogen and oxygen atoms in total. The van der Waals surface area contributed by atoms with E-state index < -0.39 is 0 Å². The zero-order valence-corrected chi connectivity index (χ0v) is 8.34.